The van der Waals surface area contributed by atoms with Crippen molar-refractivity contribution >= 4 is 11.6 Å². The second-order valence-corrected chi connectivity index (χ2v) is 5.32. The number of hydrogen-bond donors (Lipinski definition) is 1. The van der Waals surface area contributed by atoms with Gasteiger partial charge in [-0.25, -0.2) is 9.67 Å². The van der Waals surface area contributed by atoms with Crippen LogP contribution < -0.4 is 10.1 Å². The van der Waals surface area contributed by atoms with Gasteiger partial charge >= 0.3 is 0 Å². The van der Waals surface area contributed by atoms with Crippen molar-refractivity contribution in [1.82, 2.24) is 14.8 Å². The van der Waals surface area contributed by atoms with Crippen molar-refractivity contribution in [2.75, 3.05) is 11.9 Å². The van der Waals surface area contributed by atoms with Crippen molar-refractivity contribution in [3.63, 3.8) is 0 Å². The number of ether oxygens (including phenoxy) is 1. The molecule has 1 aromatic carbocycles. The average molecular weight is 326 g/mol. The SMILES string of the molecule is Cc1cc(C(=O)Nc2cccc(OCCn3cncn3)c2)c(C)o1. The molecule has 24 heavy (non-hydrogen) atoms. The van der Waals surface area contributed by atoms with E-state index in [0.717, 1.165) is 0 Å². The van der Waals surface area contributed by atoms with Crippen molar-refractivity contribution in [3.8, 4) is 5.75 Å². The number of amides is 1. The van der Waals surface area contributed by atoms with Crippen LogP contribution in [0, 0.1) is 13.8 Å². The maximum atomic E-state index is 12.3. The van der Waals surface area contributed by atoms with Gasteiger partial charge in [-0.05, 0) is 32.0 Å². The monoisotopic (exact) mass is 326 g/mol. The maximum Gasteiger partial charge on any atom is 0.259 e. The third-order valence-corrected chi connectivity index (χ3v) is 3.43. The number of anilines is 1. The Hall–Kier alpha value is -3.09. The molecule has 0 saturated heterocycles. The van der Waals surface area contributed by atoms with Gasteiger partial charge in [-0.3, -0.25) is 4.79 Å². The van der Waals surface area contributed by atoms with Gasteiger partial charge in [0, 0.05) is 11.8 Å². The Morgan fingerprint density at radius 2 is 2.21 bits per heavy atom. The van der Waals surface area contributed by atoms with Crippen molar-refractivity contribution in [2.45, 2.75) is 20.4 Å². The average Bonchev–Trinajstić information content (AvgIpc) is 3.17. The Balaban J connectivity index is 1.60. The highest BCUT2D eigenvalue weighted by molar-refractivity contribution is 6.05. The van der Waals surface area contributed by atoms with Crippen molar-refractivity contribution in [1.29, 1.82) is 0 Å². The highest BCUT2D eigenvalue weighted by Gasteiger charge is 2.13. The molecule has 0 aliphatic carbocycles. The lowest BCUT2D eigenvalue weighted by Gasteiger charge is -2.09. The standard InChI is InChI=1S/C17H18N4O3/c1-12-8-16(13(2)24-12)17(22)20-14-4-3-5-15(9-14)23-7-6-21-11-18-10-19-21/h3-5,8-11H,6-7H2,1-2H3,(H,20,22). The number of furan rings is 1. The lowest BCUT2D eigenvalue weighted by molar-refractivity contribution is 0.102. The van der Waals surface area contributed by atoms with E-state index in [9.17, 15) is 4.79 Å². The number of hydrogen-bond acceptors (Lipinski definition) is 5. The summed E-state index contributed by atoms with van der Waals surface area (Å²) >= 11 is 0. The van der Waals surface area contributed by atoms with E-state index in [0.29, 0.717) is 41.7 Å². The van der Waals surface area contributed by atoms with E-state index >= 15 is 0 Å². The molecule has 2 aromatic heterocycles. The van der Waals surface area contributed by atoms with E-state index in [1.807, 2.05) is 25.1 Å². The smallest absolute Gasteiger partial charge is 0.259 e. The summed E-state index contributed by atoms with van der Waals surface area (Å²) in [7, 11) is 0. The Labute approximate surface area is 139 Å². The van der Waals surface area contributed by atoms with Crippen LogP contribution in [0.5, 0.6) is 5.75 Å². The highest BCUT2D eigenvalue weighted by Crippen LogP contribution is 2.20. The lowest BCUT2D eigenvalue weighted by atomic mass is 10.2. The first-order chi connectivity index (χ1) is 11.6. The number of nitrogens with one attached hydrogen (secondary N) is 1. The van der Waals surface area contributed by atoms with E-state index in [2.05, 4.69) is 15.4 Å². The molecule has 0 bridgehead atoms. The molecule has 3 aromatic rings. The molecule has 0 spiro atoms. The molecule has 0 unspecified atom stereocenters. The largest absolute Gasteiger partial charge is 0.492 e. The van der Waals surface area contributed by atoms with Crippen molar-refractivity contribution < 1.29 is 13.9 Å². The van der Waals surface area contributed by atoms with Gasteiger partial charge in [0.2, 0.25) is 0 Å². The molecule has 1 N–H and O–H groups in total. The van der Waals surface area contributed by atoms with E-state index in [4.69, 9.17) is 9.15 Å². The zero-order valence-electron chi connectivity index (χ0n) is 13.5. The summed E-state index contributed by atoms with van der Waals surface area (Å²) in [5.41, 5.74) is 1.20. The minimum absolute atomic E-state index is 0.205. The third kappa shape index (κ3) is 3.81. The second kappa shape index (κ2) is 6.99. The van der Waals surface area contributed by atoms with Gasteiger partial charge in [-0.1, -0.05) is 6.07 Å². The minimum Gasteiger partial charge on any atom is -0.492 e. The normalized spacial score (nSPS) is 10.6. The van der Waals surface area contributed by atoms with Gasteiger partial charge in [-0.15, -0.1) is 0 Å². The molecule has 7 heteroatoms. The molecule has 0 aliphatic heterocycles. The van der Waals surface area contributed by atoms with Crippen LogP contribution in [-0.2, 0) is 6.54 Å². The Morgan fingerprint density at radius 1 is 1.33 bits per heavy atom. The summed E-state index contributed by atoms with van der Waals surface area (Å²) in [6.07, 6.45) is 3.12. The quantitative estimate of drug-likeness (QED) is 0.753. The molecule has 1 amide bonds. The zero-order chi connectivity index (χ0) is 16.9. The van der Waals surface area contributed by atoms with Gasteiger partial charge in [0.05, 0.1) is 12.1 Å². The van der Waals surface area contributed by atoms with Gasteiger partial charge in [0.25, 0.3) is 5.91 Å². The van der Waals surface area contributed by atoms with Crippen LogP contribution in [0.1, 0.15) is 21.9 Å². The number of aromatic nitrogens is 3. The number of nitrogens with zero attached hydrogens (tertiary/aromatic N) is 3. The van der Waals surface area contributed by atoms with Gasteiger partial charge in [-0.2, -0.15) is 5.10 Å². The molecule has 124 valence electrons. The van der Waals surface area contributed by atoms with E-state index < -0.39 is 0 Å². The Bertz CT molecular complexity index is 824. The molecule has 2 heterocycles. The summed E-state index contributed by atoms with van der Waals surface area (Å²) in [6, 6.07) is 8.98. The molecule has 0 atom stereocenters. The third-order valence-electron chi connectivity index (χ3n) is 3.43. The molecule has 0 aliphatic rings. The second-order valence-electron chi connectivity index (χ2n) is 5.32. The number of carbonyl (C=O) groups is 1. The fraction of sp³-hybridized carbons (Fsp3) is 0.235. The molecular formula is C17H18N4O3. The Morgan fingerprint density at radius 3 is 2.92 bits per heavy atom. The minimum atomic E-state index is -0.205. The van der Waals surface area contributed by atoms with Crippen LogP contribution in [0.25, 0.3) is 0 Å². The number of rotatable bonds is 6. The van der Waals surface area contributed by atoms with Crippen LogP contribution >= 0.6 is 0 Å². The van der Waals surface area contributed by atoms with Gasteiger partial charge in [0.15, 0.2) is 0 Å². The lowest BCUT2D eigenvalue weighted by Crippen LogP contribution is -2.12. The molecule has 0 radical (unpaired) electrons. The van der Waals surface area contributed by atoms with Crippen molar-refractivity contribution in [2.24, 2.45) is 0 Å². The number of carbonyl (C=O) groups excluding carboxylic acids is 1. The van der Waals surface area contributed by atoms with Gasteiger partial charge < -0.3 is 14.5 Å². The predicted octanol–water partition coefficient (Wildman–Crippen LogP) is 2.82. The molecule has 3 rings (SSSR count). The summed E-state index contributed by atoms with van der Waals surface area (Å²) in [6.45, 7) is 4.64. The topological polar surface area (TPSA) is 82.2 Å². The van der Waals surface area contributed by atoms with Crippen LogP contribution in [0.2, 0.25) is 0 Å². The van der Waals surface area contributed by atoms with Crippen LogP contribution in [0.15, 0.2) is 47.4 Å². The molecule has 0 saturated carbocycles. The first-order valence-electron chi connectivity index (χ1n) is 7.55. The van der Waals surface area contributed by atoms with Crippen molar-refractivity contribution in [3.05, 3.63) is 60.1 Å². The highest BCUT2D eigenvalue weighted by atomic mass is 16.5. The molecule has 7 nitrogen and oxygen atoms in total. The number of aryl methyl sites for hydroxylation is 2. The van der Waals surface area contributed by atoms with E-state index in [1.165, 1.54) is 6.33 Å². The molecular weight excluding hydrogens is 308 g/mol. The fourth-order valence-corrected chi connectivity index (χ4v) is 2.32. The van der Waals surface area contributed by atoms with E-state index in [1.54, 1.807) is 30.1 Å². The summed E-state index contributed by atoms with van der Waals surface area (Å²) in [5.74, 6) is 1.78. The first-order valence-corrected chi connectivity index (χ1v) is 7.55. The molecule has 0 fully saturated rings. The van der Waals surface area contributed by atoms with E-state index in [-0.39, 0.29) is 5.91 Å². The van der Waals surface area contributed by atoms with Crippen LogP contribution in [0.4, 0.5) is 5.69 Å². The first kappa shape index (κ1) is 15.8. The van der Waals surface area contributed by atoms with Gasteiger partial charge in [0.1, 0.15) is 36.5 Å². The summed E-state index contributed by atoms with van der Waals surface area (Å²) < 4.78 is 12.8. The summed E-state index contributed by atoms with van der Waals surface area (Å²) in [5, 5.41) is 6.86. The fourth-order valence-electron chi connectivity index (χ4n) is 2.32. The Kier molecular flexibility index (Phi) is 4.60. The maximum absolute atomic E-state index is 12.3. The summed E-state index contributed by atoms with van der Waals surface area (Å²) in [4.78, 5) is 16.2. The van der Waals surface area contributed by atoms with Crippen LogP contribution in [0.3, 0.4) is 0 Å². The van der Waals surface area contributed by atoms with Crippen LogP contribution in [-0.4, -0.2) is 27.3 Å². The number of benzene rings is 1. The zero-order valence-corrected chi connectivity index (χ0v) is 13.5. The predicted molar refractivity (Wildman–Crippen MR) is 88.1 cm³/mol.